The number of hydroxylamine groups is 1. The van der Waals surface area contributed by atoms with Crippen LogP contribution in [0.15, 0.2) is 18.3 Å². The standard InChI is InChI=1S/C17H25N3O2/c1-13-8-10-20(11-9-13)16-7-6-14(12-18-16)17(21)19-22-15-4-2-3-5-15/h6-7,12-13,15H,2-5,8-11H2,1H3,(H,19,21). The van der Waals surface area contributed by atoms with Gasteiger partial charge < -0.3 is 4.90 Å². The summed E-state index contributed by atoms with van der Waals surface area (Å²) in [5, 5.41) is 0. The number of carbonyl (C=O) groups excluding carboxylic acids is 1. The zero-order chi connectivity index (χ0) is 15.4. The molecule has 120 valence electrons. The minimum atomic E-state index is -0.210. The Labute approximate surface area is 132 Å². The molecule has 5 heteroatoms. The van der Waals surface area contributed by atoms with Gasteiger partial charge in [-0.05, 0) is 43.7 Å². The maximum Gasteiger partial charge on any atom is 0.276 e. The average molecular weight is 303 g/mol. The summed E-state index contributed by atoms with van der Waals surface area (Å²) in [7, 11) is 0. The number of pyridine rings is 1. The van der Waals surface area contributed by atoms with E-state index >= 15 is 0 Å². The number of nitrogens with zero attached hydrogens (tertiary/aromatic N) is 2. The molecule has 0 spiro atoms. The smallest absolute Gasteiger partial charge is 0.276 e. The third kappa shape index (κ3) is 3.77. The minimum absolute atomic E-state index is 0.173. The van der Waals surface area contributed by atoms with E-state index in [-0.39, 0.29) is 12.0 Å². The first-order valence-corrected chi connectivity index (χ1v) is 8.39. The highest BCUT2D eigenvalue weighted by Gasteiger charge is 2.19. The number of hydrogen-bond donors (Lipinski definition) is 1. The van der Waals surface area contributed by atoms with Gasteiger partial charge in [0.1, 0.15) is 5.82 Å². The van der Waals surface area contributed by atoms with Crippen molar-refractivity contribution >= 4 is 11.7 Å². The summed E-state index contributed by atoms with van der Waals surface area (Å²) >= 11 is 0. The number of amides is 1. The first-order chi connectivity index (χ1) is 10.7. The molecule has 1 saturated heterocycles. The molecule has 5 nitrogen and oxygen atoms in total. The van der Waals surface area contributed by atoms with Crippen molar-refractivity contribution in [1.82, 2.24) is 10.5 Å². The molecule has 1 aliphatic carbocycles. The molecule has 0 unspecified atom stereocenters. The predicted molar refractivity (Wildman–Crippen MR) is 85.7 cm³/mol. The molecule has 2 fully saturated rings. The van der Waals surface area contributed by atoms with Gasteiger partial charge in [-0.15, -0.1) is 0 Å². The van der Waals surface area contributed by atoms with Gasteiger partial charge in [-0.2, -0.15) is 0 Å². The third-order valence-corrected chi connectivity index (χ3v) is 4.74. The van der Waals surface area contributed by atoms with Gasteiger partial charge in [0.05, 0.1) is 11.7 Å². The molecule has 0 aromatic carbocycles. The van der Waals surface area contributed by atoms with Gasteiger partial charge in [0, 0.05) is 19.3 Å². The van der Waals surface area contributed by atoms with Gasteiger partial charge in [-0.1, -0.05) is 19.8 Å². The summed E-state index contributed by atoms with van der Waals surface area (Å²) in [6.07, 6.45) is 8.66. The van der Waals surface area contributed by atoms with Crippen molar-refractivity contribution in [3.05, 3.63) is 23.9 Å². The second-order valence-corrected chi connectivity index (χ2v) is 6.53. The fourth-order valence-corrected chi connectivity index (χ4v) is 3.15. The molecule has 1 aromatic rings. The molecule has 1 aromatic heterocycles. The molecule has 1 aliphatic heterocycles. The Balaban J connectivity index is 1.53. The minimum Gasteiger partial charge on any atom is -0.357 e. The molecule has 0 bridgehead atoms. The van der Waals surface area contributed by atoms with Gasteiger partial charge in [-0.3, -0.25) is 9.63 Å². The van der Waals surface area contributed by atoms with E-state index in [2.05, 4.69) is 22.3 Å². The summed E-state index contributed by atoms with van der Waals surface area (Å²) < 4.78 is 0. The van der Waals surface area contributed by atoms with E-state index in [1.807, 2.05) is 12.1 Å². The maximum atomic E-state index is 12.0. The van der Waals surface area contributed by atoms with E-state index in [1.165, 1.54) is 25.7 Å². The summed E-state index contributed by atoms with van der Waals surface area (Å²) in [6, 6.07) is 3.76. The van der Waals surface area contributed by atoms with E-state index in [0.29, 0.717) is 5.56 Å². The quantitative estimate of drug-likeness (QED) is 0.869. The van der Waals surface area contributed by atoms with Crippen LogP contribution in [-0.2, 0) is 4.84 Å². The highest BCUT2D eigenvalue weighted by atomic mass is 16.7. The van der Waals surface area contributed by atoms with E-state index in [9.17, 15) is 4.79 Å². The van der Waals surface area contributed by atoms with Gasteiger partial charge in [0.2, 0.25) is 0 Å². The second kappa shape index (κ2) is 7.09. The van der Waals surface area contributed by atoms with Crippen LogP contribution in [0.3, 0.4) is 0 Å². The molecule has 0 atom stereocenters. The second-order valence-electron chi connectivity index (χ2n) is 6.53. The molecular weight excluding hydrogens is 278 g/mol. The van der Waals surface area contributed by atoms with Crippen molar-refractivity contribution in [2.24, 2.45) is 5.92 Å². The zero-order valence-corrected chi connectivity index (χ0v) is 13.3. The highest BCUT2D eigenvalue weighted by Crippen LogP contribution is 2.22. The Hall–Kier alpha value is -1.62. The third-order valence-electron chi connectivity index (χ3n) is 4.74. The lowest BCUT2D eigenvalue weighted by Crippen LogP contribution is -2.33. The fraction of sp³-hybridized carbons (Fsp3) is 0.647. The van der Waals surface area contributed by atoms with E-state index in [1.54, 1.807) is 6.20 Å². The number of nitrogens with one attached hydrogen (secondary N) is 1. The van der Waals surface area contributed by atoms with Crippen LogP contribution < -0.4 is 10.4 Å². The average Bonchev–Trinajstić information content (AvgIpc) is 3.07. The van der Waals surface area contributed by atoms with Crippen molar-refractivity contribution in [3.63, 3.8) is 0 Å². The predicted octanol–water partition coefficient (Wildman–Crippen LogP) is 2.92. The van der Waals surface area contributed by atoms with Crippen LogP contribution >= 0.6 is 0 Å². The first-order valence-electron chi connectivity index (χ1n) is 8.39. The molecule has 2 aliphatic rings. The van der Waals surface area contributed by atoms with Gasteiger partial charge >= 0.3 is 0 Å². The molecule has 1 saturated carbocycles. The monoisotopic (exact) mass is 303 g/mol. The van der Waals surface area contributed by atoms with Gasteiger partial charge in [0.15, 0.2) is 0 Å². The van der Waals surface area contributed by atoms with Crippen molar-refractivity contribution in [1.29, 1.82) is 0 Å². The Morgan fingerprint density at radius 3 is 2.59 bits per heavy atom. The lowest BCUT2D eigenvalue weighted by atomic mass is 9.99. The number of hydrogen-bond acceptors (Lipinski definition) is 4. The van der Waals surface area contributed by atoms with Crippen LogP contribution in [0.1, 0.15) is 55.8 Å². The Morgan fingerprint density at radius 1 is 1.23 bits per heavy atom. The first kappa shape index (κ1) is 15.3. The maximum absolute atomic E-state index is 12.0. The Bertz CT molecular complexity index is 489. The SMILES string of the molecule is CC1CCN(c2ccc(C(=O)NOC3CCCC3)cn2)CC1. The van der Waals surface area contributed by atoms with E-state index in [4.69, 9.17) is 4.84 Å². The highest BCUT2D eigenvalue weighted by molar-refractivity contribution is 5.93. The number of aromatic nitrogens is 1. The zero-order valence-electron chi connectivity index (χ0n) is 13.3. The summed E-state index contributed by atoms with van der Waals surface area (Å²) in [4.78, 5) is 24.2. The van der Waals surface area contributed by atoms with Crippen LogP contribution in [0.2, 0.25) is 0 Å². The summed E-state index contributed by atoms with van der Waals surface area (Å²) in [5.41, 5.74) is 3.10. The van der Waals surface area contributed by atoms with Crippen LogP contribution in [0.5, 0.6) is 0 Å². The molecule has 22 heavy (non-hydrogen) atoms. The fourth-order valence-electron chi connectivity index (χ4n) is 3.15. The van der Waals surface area contributed by atoms with E-state index in [0.717, 1.165) is 37.7 Å². The summed E-state index contributed by atoms with van der Waals surface area (Å²) in [5.74, 6) is 1.55. The van der Waals surface area contributed by atoms with Gasteiger partial charge in [0.25, 0.3) is 5.91 Å². The Morgan fingerprint density at radius 2 is 1.95 bits per heavy atom. The van der Waals surface area contributed by atoms with Crippen LogP contribution in [0.25, 0.3) is 0 Å². The van der Waals surface area contributed by atoms with Crippen molar-refractivity contribution in [3.8, 4) is 0 Å². The van der Waals surface area contributed by atoms with Crippen molar-refractivity contribution in [2.45, 2.75) is 51.6 Å². The number of rotatable bonds is 4. The molecule has 3 rings (SSSR count). The van der Waals surface area contributed by atoms with Crippen LogP contribution in [0, 0.1) is 5.92 Å². The van der Waals surface area contributed by atoms with Gasteiger partial charge in [-0.25, -0.2) is 10.5 Å². The number of anilines is 1. The Kier molecular flexibility index (Phi) is 4.93. The largest absolute Gasteiger partial charge is 0.357 e. The van der Waals surface area contributed by atoms with Crippen molar-refractivity contribution in [2.75, 3.05) is 18.0 Å². The summed E-state index contributed by atoms with van der Waals surface area (Å²) in [6.45, 7) is 4.39. The number of piperidine rings is 1. The molecule has 2 heterocycles. The lowest BCUT2D eigenvalue weighted by molar-refractivity contribution is -0.0125. The molecule has 0 radical (unpaired) electrons. The van der Waals surface area contributed by atoms with Crippen LogP contribution in [0.4, 0.5) is 5.82 Å². The van der Waals surface area contributed by atoms with Crippen LogP contribution in [-0.4, -0.2) is 30.1 Å². The van der Waals surface area contributed by atoms with Crippen molar-refractivity contribution < 1.29 is 9.63 Å². The topological polar surface area (TPSA) is 54.5 Å². The normalized spacial score (nSPS) is 20.3. The molecular formula is C17H25N3O2. The number of carbonyl (C=O) groups is 1. The van der Waals surface area contributed by atoms with E-state index < -0.39 is 0 Å². The molecule has 1 amide bonds. The lowest BCUT2D eigenvalue weighted by Gasteiger charge is -2.31. The molecule has 1 N–H and O–H groups in total.